The van der Waals surface area contributed by atoms with Crippen molar-refractivity contribution in [2.45, 2.75) is 50.2 Å². The van der Waals surface area contributed by atoms with Gasteiger partial charge >= 0.3 is 0 Å². The molecule has 2 N–H and O–H groups in total. The van der Waals surface area contributed by atoms with Crippen LogP contribution in [0.15, 0.2) is 28.9 Å². The molecule has 5 rings (SSSR count). The third-order valence-electron chi connectivity index (χ3n) is 5.58. The molecule has 8 heteroatoms. The SMILES string of the molecule is O=C(C1CC(C2CC2)NN1)N1CCCC1c1nc(-c2ccccn2)no1. The Hall–Kier alpha value is -2.32. The number of likely N-dealkylation sites (tertiary alicyclic amines) is 1. The topological polar surface area (TPSA) is 96.2 Å². The highest BCUT2D eigenvalue weighted by atomic mass is 16.5. The maximum atomic E-state index is 13.0. The van der Waals surface area contributed by atoms with Crippen molar-refractivity contribution >= 4 is 5.91 Å². The Balaban J connectivity index is 1.31. The summed E-state index contributed by atoms with van der Waals surface area (Å²) >= 11 is 0. The van der Waals surface area contributed by atoms with Gasteiger partial charge in [0.15, 0.2) is 0 Å². The van der Waals surface area contributed by atoms with Gasteiger partial charge in [0.1, 0.15) is 17.8 Å². The maximum Gasteiger partial charge on any atom is 0.249 e. The molecule has 3 aliphatic rings. The van der Waals surface area contributed by atoms with E-state index in [1.165, 1.54) is 12.8 Å². The third kappa shape index (κ3) is 2.89. The number of aromatic nitrogens is 3. The van der Waals surface area contributed by atoms with Gasteiger partial charge in [-0.25, -0.2) is 5.43 Å². The van der Waals surface area contributed by atoms with E-state index in [4.69, 9.17) is 4.52 Å². The highest BCUT2D eigenvalue weighted by Gasteiger charge is 2.43. The monoisotopic (exact) mass is 354 g/mol. The van der Waals surface area contributed by atoms with Gasteiger partial charge in [0.25, 0.3) is 0 Å². The maximum absolute atomic E-state index is 13.0. The first-order valence-electron chi connectivity index (χ1n) is 9.36. The molecule has 3 unspecified atom stereocenters. The van der Waals surface area contributed by atoms with E-state index in [1.54, 1.807) is 6.20 Å². The van der Waals surface area contributed by atoms with Crippen LogP contribution in [0.3, 0.4) is 0 Å². The summed E-state index contributed by atoms with van der Waals surface area (Å²) < 4.78 is 5.48. The number of pyridine rings is 1. The summed E-state index contributed by atoms with van der Waals surface area (Å²) in [5, 5.41) is 4.05. The number of carbonyl (C=O) groups excluding carboxylic acids is 1. The van der Waals surface area contributed by atoms with Gasteiger partial charge in [-0.1, -0.05) is 11.2 Å². The van der Waals surface area contributed by atoms with Gasteiger partial charge in [0.05, 0.1) is 0 Å². The highest BCUT2D eigenvalue weighted by Crippen LogP contribution is 2.37. The fourth-order valence-electron chi connectivity index (χ4n) is 4.01. The summed E-state index contributed by atoms with van der Waals surface area (Å²) in [6, 6.07) is 5.69. The van der Waals surface area contributed by atoms with Crippen LogP contribution in [0.25, 0.3) is 11.5 Å². The molecule has 3 atom stereocenters. The van der Waals surface area contributed by atoms with E-state index in [-0.39, 0.29) is 18.0 Å². The Bertz CT molecular complexity index is 790. The fourth-order valence-corrected chi connectivity index (χ4v) is 4.01. The summed E-state index contributed by atoms with van der Waals surface area (Å²) in [6.07, 6.45) is 6.89. The van der Waals surface area contributed by atoms with Crippen molar-refractivity contribution in [1.29, 1.82) is 0 Å². The van der Waals surface area contributed by atoms with E-state index in [2.05, 4.69) is 26.0 Å². The second kappa shape index (κ2) is 6.44. The van der Waals surface area contributed by atoms with E-state index in [9.17, 15) is 4.79 Å². The molecule has 1 saturated carbocycles. The van der Waals surface area contributed by atoms with Crippen LogP contribution in [0.4, 0.5) is 0 Å². The van der Waals surface area contributed by atoms with Crippen molar-refractivity contribution in [3.8, 4) is 11.5 Å². The van der Waals surface area contributed by atoms with Crippen LogP contribution in [-0.4, -0.2) is 44.6 Å². The average molecular weight is 354 g/mol. The Morgan fingerprint density at radius 2 is 2.15 bits per heavy atom. The second-order valence-corrected chi connectivity index (χ2v) is 7.38. The quantitative estimate of drug-likeness (QED) is 0.857. The van der Waals surface area contributed by atoms with Crippen molar-refractivity contribution in [2.24, 2.45) is 5.92 Å². The molecule has 0 spiro atoms. The average Bonchev–Trinajstić information content (AvgIpc) is 3.11. The predicted molar refractivity (Wildman–Crippen MR) is 92.4 cm³/mol. The minimum absolute atomic E-state index is 0.126. The third-order valence-corrected chi connectivity index (χ3v) is 5.58. The summed E-state index contributed by atoms with van der Waals surface area (Å²) in [7, 11) is 0. The van der Waals surface area contributed by atoms with Crippen LogP contribution in [0.1, 0.15) is 44.0 Å². The Kier molecular flexibility index (Phi) is 3.94. The number of hydrazine groups is 1. The summed E-state index contributed by atoms with van der Waals surface area (Å²) in [5.74, 6) is 1.82. The molecule has 0 bridgehead atoms. The lowest BCUT2D eigenvalue weighted by molar-refractivity contribution is -0.134. The number of hydrogen-bond donors (Lipinski definition) is 2. The van der Waals surface area contributed by atoms with E-state index >= 15 is 0 Å². The highest BCUT2D eigenvalue weighted by molar-refractivity contribution is 5.82. The standard InChI is InChI=1S/C18H22N6O2/c25-18(14-10-13(21-22-14)11-6-7-11)24-9-3-5-15(24)17-20-16(23-26-17)12-4-1-2-8-19-12/h1-2,4,8,11,13-15,21-22H,3,5-7,9-10H2. The van der Waals surface area contributed by atoms with Crippen molar-refractivity contribution < 1.29 is 9.32 Å². The first-order chi connectivity index (χ1) is 12.8. The van der Waals surface area contributed by atoms with E-state index in [0.29, 0.717) is 23.5 Å². The molecule has 3 fully saturated rings. The number of hydrogen-bond acceptors (Lipinski definition) is 7. The van der Waals surface area contributed by atoms with Crippen LogP contribution in [-0.2, 0) is 4.79 Å². The zero-order chi connectivity index (χ0) is 17.5. The number of amides is 1. The van der Waals surface area contributed by atoms with Crippen molar-refractivity contribution in [3.05, 3.63) is 30.3 Å². The van der Waals surface area contributed by atoms with Crippen LogP contribution in [0.2, 0.25) is 0 Å². The van der Waals surface area contributed by atoms with Crippen LogP contribution >= 0.6 is 0 Å². The molecule has 2 aromatic rings. The summed E-state index contributed by atoms with van der Waals surface area (Å²) in [6.45, 7) is 0.733. The van der Waals surface area contributed by atoms with E-state index in [1.807, 2.05) is 23.1 Å². The molecule has 1 aliphatic carbocycles. The Morgan fingerprint density at radius 3 is 2.96 bits per heavy atom. The second-order valence-electron chi connectivity index (χ2n) is 7.38. The number of carbonyl (C=O) groups is 1. The van der Waals surface area contributed by atoms with Crippen molar-refractivity contribution in [3.63, 3.8) is 0 Å². The van der Waals surface area contributed by atoms with E-state index < -0.39 is 0 Å². The largest absolute Gasteiger partial charge is 0.337 e. The van der Waals surface area contributed by atoms with Crippen LogP contribution in [0.5, 0.6) is 0 Å². The Labute approximate surface area is 151 Å². The molecule has 0 aromatic carbocycles. The van der Waals surface area contributed by atoms with Gasteiger partial charge in [-0.2, -0.15) is 4.98 Å². The molecule has 136 valence electrons. The first-order valence-corrected chi connectivity index (χ1v) is 9.36. The molecule has 8 nitrogen and oxygen atoms in total. The van der Waals surface area contributed by atoms with Gasteiger partial charge in [-0.15, -0.1) is 0 Å². The zero-order valence-electron chi connectivity index (χ0n) is 14.5. The molecule has 1 amide bonds. The van der Waals surface area contributed by atoms with Crippen LogP contribution in [0, 0.1) is 5.92 Å². The Morgan fingerprint density at radius 1 is 1.23 bits per heavy atom. The number of rotatable bonds is 4. The summed E-state index contributed by atoms with van der Waals surface area (Å²) in [5.41, 5.74) is 7.16. The van der Waals surface area contributed by atoms with Gasteiger partial charge in [-0.3, -0.25) is 15.2 Å². The lowest BCUT2D eigenvalue weighted by atomic mass is 10.1. The van der Waals surface area contributed by atoms with Gasteiger partial charge in [0, 0.05) is 18.8 Å². The molecular formula is C18H22N6O2. The lowest BCUT2D eigenvalue weighted by Crippen LogP contribution is -2.45. The van der Waals surface area contributed by atoms with Crippen molar-refractivity contribution in [2.75, 3.05) is 6.54 Å². The summed E-state index contributed by atoms with van der Waals surface area (Å²) in [4.78, 5) is 23.7. The van der Waals surface area contributed by atoms with Gasteiger partial charge < -0.3 is 9.42 Å². The smallest absolute Gasteiger partial charge is 0.249 e. The normalized spacial score (nSPS) is 28.6. The first kappa shape index (κ1) is 15.9. The van der Waals surface area contributed by atoms with Gasteiger partial charge in [-0.05, 0) is 50.2 Å². The molecule has 26 heavy (non-hydrogen) atoms. The van der Waals surface area contributed by atoms with Gasteiger partial charge in [0.2, 0.25) is 17.6 Å². The molecular weight excluding hydrogens is 332 g/mol. The minimum Gasteiger partial charge on any atom is -0.337 e. The molecule has 2 aliphatic heterocycles. The number of nitrogens with one attached hydrogen (secondary N) is 2. The lowest BCUT2D eigenvalue weighted by Gasteiger charge is -2.24. The fraction of sp³-hybridized carbons (Fsp3) is 0.556. The number of nitrogens with zero attached hydrogens (tertiary/aromatic N) is 4. The molecule has 2 saturated heterocycles. The van der Waals surface area contributed by atoms with Crippen molar-refractivity contribution in [1.82, 2.24) is 30.9 Å². The zero-order valence-corrected chi connectivity index (χ0v) is 14.5. The molecule has 4 heterocycles. The van der Waals surface area contributed by atoms with E-state index in [0.717, 1.165) is 31.7 Å². The van der Waals surface area contributed by atoms with Crippen LogP contribution < -0.4 is 10.9 Å². The minimum atomic E-state index is -0.167. The molecule has 2 aromatic heterocycles. The molecule has 0 radical (unpaired) electrons. The predicted octanol–water partition coefficient (Wildman–Crippen LogP) is 1.44.